The molecule has 0 spiro atoms. The molecule has 178 valence electrons. The van der Waals surface area contributed by atoms with Crippen molar-refractivity contribution >= 4 is 17.5 Å². The highest BCUT2D eigenvalue weighted by Gasteiger charge is 2.33. The number of primary amides is 1. The van der Waals surface area contributed by atoms with Crippen LogP contribution >= 0.6 is 0 Å². The number of alkyl halides is 3. The summed E-state index contributed by atoms with van der Waals surface area (Å²) in [6.45, 7) is 0.658. The summed E-state index contributed by atoms with van der Waals surface area (Å²) < 4.78 is 72.8. The number of methoxy groups -OCH3 is 1. The lowest BCUT2D eigenvalue weighted by Crippen LogP contribution is -2.39. The van der Waals surface area contributed by atoms with Gasteiger partial charge >= 0.3 is 6.18 Å². The van der Waals surface area contributed by atoms with Crippen molar-refractivity contribution in [2.75, 3.05) is 18.6 Å². The van der Waals surface area contributed by atoms with Crippen molar-refractivity contribution in [2.45, 2.75) is 13.1 Å². The minimum absolute atomic E-state index is 0.0151. The Kier molecular flexibility index (Phi) is 6.85. The number of benzene rings is 2. The van der Waals surface area contributed by atoms with Gasteiger partial charge in [-0.05, 0) is 42.8 Å². The van der Waals surface area contributed by atoms with Gasteiger partial charge < -0.3 is 10.5 Å². The Hall–Kier alpha value is -4.02. The number of nitrogens with two attached hydrogens (primary N) is 1. The van der Waals surface area contributed by atoms with Gasteiger partial charge in [-0.25, -0.2) is 8.78 Å². The molecule has 11 heteroatoms. The number of halogens is 5. The zero-order valence-electron chi connectivity index (χ0n) is 17.9. The largest absolute Gasteiger partial charge is 0.496 e. The van der Waals surface area contributed by atoms with Crippen LogP contribution in [0.5, 0.6) is 5.75 Å². The standard InChI is InChI=1S/C23H18F5N3O3/c1-12-5-13(7-14(6-12)23(26,27)28)22(33)31(11-21(29)32)19-10-30-4-3-15(19)16-8-17(24)18(25)9-20(16)34-2/h3-10H,11H2,1-2H3,(H2,29,32). The fourth-order valence-corrected chi connectivity index (χ4v) is 3.39. The van der Waals surface area contributed by atoms with Crippen LogP contribution in [-0.2, 0) is 11.0 Å². The Morgan fingerprint density at radius 2 is 1.74 bits per heavy atom. The topological polar surface area (TPSA) is 85.5 Å². The van der Waals surface area contributed by atoms with Crippen LogP contribution in [-0.4, -0.2) is 30.5 Å². The molecule has 0 aliphatic rings. The number of nitrogens with zero attached hydrogens (tertiary/aromatic N) is 2. The molecule has 3 rings (SSSR count). The first-order valence-corrected chi connectivity index (χ1v) is 9.69. The third kappa shape index (κ3) is 5.13. The van der Waals surface area contributed by atoms with Gasteiger partial charge in [0.15, 0.2) is 11.6 Å². The average Bonchev–Trinajstić information content (AvgIpc) is 2.77. The van der Waals surface area contributed by atoms with Crippen molar-refractivity contribution < 1.29 is 36.3 Å². The second-order valence-corrected chi connectivity index (χ2v) is 7.30. The van der Waals surface area contributed by atoms with E-state index in [4.69, 9.17) is 10.5 Å². The molecular formula is C23H18F5N3O3. The fourth-order valence-electron chi connectivity index (χ4n) is 3.39. The predicted octanol–water partition coefficient (Wildman–Crippen LogP) is 4.49. The van der Waals surface area contributed by atoms with E-state index in [1.54, 1.807) is 0 Å². The maximum absolute atomic E-state index is 14.0. The summed E-state index contributed by atoms with van der Waals surface area (Å²) in [6, 6.07) is 5.72. The number of hydrogen-bond donors (Lipinski definition) is 1. The third-order valence-electron chi connectivity index (χ3n) is 4.83. The van der Waals surface area contributed by atoms with E-state index >= 15 is 0 Å². The predicted molar refractivity (Wildman–Crippen MR) is 113 cm³/mol. The molecule has 3 aromatic rings. The fraction of sp³-hybridized carbons (Fsp3) is 0.174. The van der Waals surface area contributed by atoms with Gasteiger partial charge in [0.25, 0.3) is 5.91 Å². The van der Waals surface area contributed by atoms with Gasteiger partial charge in [0.2, 0.25) is 5.91 Å². The zero-order chi connectivity index (χ0) is 25.2. The second-order valence-electron chi connectivity index (χ2n) is 7.30. The van der Waals surface area contributed by atoms with Crippen molar-refractivity contribution in [3.05, 3.63) is 77.1 Å². The van der Waals surface area contributed by atoms with E-state index < -0.39 is 41.7 Å². The van der Waals surface area contributed by atoms with Gasteiger partial charge in [0.1, 0.15) is 12.3 Å². The Morgan fingerprint density at radius 3 is 2.35 bits per heavy atom. The highest BCUT2D eigenvalue weighted by molar-refractivity contribution is 6.10. The highest BCUT2D eigenvalue weighted by Crippen LogP contribution is 2.38. The summed E-state index contributed by atoms with van der Waals surface area (Å²) in [5.41, 5.74) is 4.08. The molecule has 0 atom stereocenters. The normalized spacial score (nSPS) is 11.3. The molecule has 0 aliphatic carbocycles. The first-order valence-electron chi connectivity index (χ1n) is 9.69. The molecule has 1 heterocycles. The van der Waals surface area contributed by atoms with Crippen molar-refractivity contribution in [1.82, 2.24) is 4.98 Å². The monoisotopic (exact) mass is 479 g/mol. The van der Waals surface area contributed by atoms with Crippen LogP contribution in [0, 0.1) is 18.6 Å². The quantitative estimate of drug-likeness (QED) is 0.528. The van der Waals surface area contributed by atoms with E-state index in [-0.39, 0.29) is 33.7 Å². The van der Waals surface area contributed by atoms with E-state index in [0.29, 0.717) is 6.07 Å². The first-order chi connectivity index (χ1) is 15.9. The molecule has 0 aliphatic heterocycles. The number of aromatic nitrogens is 1. The lowest BCUT2D eigenvalue weighted by Gasteiger charge is -2.25. The molecule has 2 amide bonds. The molecule has 0 saturated heterocycles. The summed E-state index contributed by atoms with van der Waals surface area (Å²) in [7, 11) is 1.22. The SMILES string of the molecule is COc1cc(F)c(F)cc1-c1ccncc1N(CC(N)=O)C(=O)c1cc(C)cc(C(F)(F)F)c1. The number of ether oxygens (including phenoxy) is 1. The summed E-state index contributed by atoms with van der Waals surface area (Å²) in [5, 5.41) is 0. The lowest BCUT2D eigenvalue weighted by atomic mass is 10.0. The number of carbonyl (C=O) groups excluding carboxylic acids is 2. The Labute approximate surface area is 190 Å². The molecule has 2 N–H and O–H groups in total. The number of anilines is 1. The van der Waals surface area contributed by atoms with E-state index in [0.717, 1.165) is 29.3 Å². The van der Waals surface area contributed by atoms with Crippen LogP contribution in [0.4, 0.5) is 27.6 Å². The van der Waals surface area contributed by atoms with E-state index in [1.807, 2.05) is 0 Å². The summed E-state index contributed by atoms with van der Waals surface area (Å²) in [5.74, 6) is -4.43. The molecule has 34 heavy (non-hydrogen) atoms. The van der Waals surface area contributed by atoms with Crippen LogP contribution in [0.2, 0.25) is 0 Å². The smallest absolute Gasteiger partial charge is 0.416 e. The van der Waals surface area contributed by atoms with Crippen LogP contribution in [0.15, 0.2) is 48.8 Å². The van der Waals surface area contributed by atoms with Gasteiger partial charge in [-0.1, -0.05) is 0 Å². The molecule has 1 aromatic heterocycles. The van der Waals surface area contributed by atoms with Crippen LogP contribution in [0.3, 0.4) is 0 Å². The minimum Gasteiger partial charge on any atom is -0.496 e. The van der Waals surface area contributed by atoms with Crippen molar-refractivity contribution in [3.8, 4) is 16.9 Å². The van der Waals surface area contributed by atoms with Gasteiger partial charge in [0, 0.05) is 29.0 Å². The Bertz CT molecular complexity index is 1260. The maximum Gasteiger partial charge on any atom is 0.416 e. The van der Waals surface area contributed by atoms with E-state index in [2.05, 4.69) is 4.98 Å². The third-order valence-corrected chi connectivity index (χ3v) is 4.83. The van der Waals surface area contributed by atoms with Crippen LogP contribution in [0.25, 0.3) is 11.1 Å². The molecular weight excluding hydrogens is 461 g/mol. The molecule has 0 bridgehead atoms. The summed E-state index contributed by atoms with van der Waals surface area (Å²) in [4.78, 5) is 29.8. The number of aryl methyl sites for hydroxylation is 1. The second kappa shape index (κ2) is 9.46. The van der Waals surface area contributed by atoms with Crippen molar-refractivity contribution in [1.29, 1.82) is 0 Å². The summed E-state index contributed by atoms with van der Waals surface area (Å²) >= 11 is 0. The number of carbonyl (C=O) groups is 2. The molecule has 0 fully saturated rings. The number of hydrogen-bond acceptors (Lipinski definition) is 4. The number of rotatable bonds is 6. The van der Waals surface area contributed by atoms with Gasteiger partial charge in [-0.3, -0.25) is 19.5 Å². The summed E-state index contributed by atoms with van der Waals surface area (Å²) in [6.07, 6.45) is -2.27. The maximum atomic E-state index is 14.0. The lowest BCUT2D eigenvalue weighted by molar-refractivity contribution is -0.137. The first kappa shape index (κ1) is 24.6. The molecule has 2 aromatic carbocycles. The minimum atomic E-state index is -4.71. The number of pyridine rings is 1. The van der Waals surface area contributed by atoms with Crippen LogP contribution in [0.1, 0.15) is 21.5 Å². The molecule has 0 saturated carbocycles. The molecule has 6 nitrogen and oxygen atoms in total. The average molecular weight is 479 g/mol. The van der Waals surface area contributed by atoms with Crippen LogP contribution < -0.4 is 15.4 Å². The van der Waals surface area contributed by atoms with E-state index in [9.17, 15) is 31.5 Å². The zero-order valence-corrected chi connectivity index (χ0v) is 17.9. The highest BCUT2D eigenvalue weighted by atomic mass is 19.4. The molecule has 0 unspecified atom stereocenters. The van der Waals surface area contributed by atoms with Gasteiger partial charge in [-0.2, -0.15) is 13.2 Å². The van der Waals surface area contributed by atoms with Crippen molar-refractivity contribution in [2.24, 2.45) is 5.73 Å². The Balaban J connectivity index is 2.21. The Morgan fingerprint density at radius 1 is 1.06 bits per heavy atom. The van der Waals surface area contributed by atoms with Gasteiger partial charge in [0.05, 0.1) is 24.6 Å². The van der Waals surface area contributed by atoms with Gasteiger partial charge in [-0.15, -0.1) is 0 Å². The van der Waals surface area contributed by atoms with Crippen molar-refractivity contribution in [3.63, 3.8) is 0 Å². The molecule has 0 radical (unpaired) electrons. The van der Waals surface area contributed by atoms with E-state index in [1.165, 1.54) is 32.4 Å². The number of amides is 2.